The first-order valence-corrected chi connectivity index (χ1v) is 8.45. The third-order valence-corrected chi connectivity index (χ3v) is 4.96. The molecule has 0 bridgehead atoms. The SMILES string of the molecule is Nc1c(Br)cc(Br)cc1-c1nc2ccccc2n1C1CC1. The van der Waals surface area contributed by atoms with Crippen molar-refractivity contribution < 1.29 is 0 Å². The second kappa shape index (κ2) is 4.85. The van der Waals surface area contributed by atoms with E-state index in [1.807, 2.05) is 18.2 Å². The van der Waals surface area contributed by atoms with Crippen molar-refractivity contribution in [2.75, 3.05) is 5.73 Å². The zero-order valence-electron chi connectivity index (χ0n) is 11.2. The smallest absolute Gasteiger partial charge is 0.143 e. The molecule has 1 heterocycles. The van der Waals surface area contributed by atoms with E-state index in [4.69, 9.17) is 10.7 Å². The number of hydrogen-bond donors (Lipinski definition) is 1. The largest absolute Gasteiger partial charge is 0.397 e. The van der Waals surface area contributed by atoms with Gasteiger partial charge in [0.1, 0.15) is 5.82 Å². The first kappa shape index (κ1) is 13.3. The molecule has 2 N–H and O–H groups in total. The summed E-state index contributed by atoms with van der Waals surface area (Å²) in [5.41, 5.74) is 10.2. The number of fused-ring (bicyclic) bond motifs is 1. The summed E-state index contributed by atoms with van der Waals surface area (Å²) >= 11 is 7.07. The van der Waals surface area contributed by atoms with Gasteiger partial charge in [-0.3, -0.25) is 0 Å². The summed E-state index contributed by atoms with van der Waals surface area (Å²) in [4.78, 5) is 4.83. The van der Waals surface area contributed by atoms with Crippen LogP contribution in [-0.2, 0) is 0 Å². The Kier molecular flexibility index (Phi) is 3.08. The Morgan fingerprint density at radius 1 is 1.14 bits per heavy atom. The molecule has 1 saturated carbocycles. The van der Waals surface area contributed by atoms with Gasteiger partial charge in [-0.2, -0.15) is 0 Å². The average molecular weight is 407 g/mol. The molecule has 3 nitrogen and oxygen atoms in total. The number of halogens is 2. The van der Waals surface area contributed by atoms with E-state index in [2.05, 4.69) is 54.6 Å². The van der Waals surface area contributed by atoms with Crippen LogP contribution in [0.2, 0.25) is 0 Å². The molecule has 1 fully saturated rings. The number of anilines is 1. The van der Waals surface area contributed by atoms with Crippen LogP contribution >= 0.6 is 31.9 Å². The molecule has 0 spiro atoms. The van der Waals surface area contributed by atoms with Gasteiger partial charge in [-0.15, -0.1) is 0 Å². The first-order valence-electron chi connectivity index (χ1n) is 6.87. The van der Waals surface area contributed by atoms with Crippen molar-refractivity contribution in [3.05, 3.63) is 45.3 Å². The summed E-state index contributed by atoms with van der Waals surface area (Å²) < 4.78 is 4.22. The molecule has 3 aromatic rings. The molecular formula is C16H13Br2N3. The van der Waals surface area contributed by atoms with Gasteiger partial charge in [0, 0.05) is 20.6 Å². The van der Waals surface area contributed by atoms with E-state index >= 15 is 0 Å². The minimum absolute atomic E-state index is 0.546. The molecule has 106 valence electrons. The number of nitrogens with two attached hydrogens (primary N) is 1. The lowest BCUT2D eigenvalue weighted by atomic mass is 10.1. The van der Waals surface area contributed by atoms with Crippen molar-refractivity contribution in [1.29, 1.82) is 0 Å². The van der Waals surface area contributed by atoms with E-state index in [9.17, 15) is 0 Å². The van der Waals surface area contributed by atoms with Gasteiger partial charge in [0.2, 0.25) is 0 Å². The van der Waals surface area contributed by atoms with E-state index in [1.54, 1.807) is 0 Å². The fourth-order valence-electron chi connectivity index (χ4n) is 2.71. The van der Waals surface area contributed by atoms with Crippen LogP contribution in [0.4, 0.5) is 5.69 Å². The highest BCUT2D eigenvalue weighted by Crippen LogP contribution is 2.43. The van der Waals surface area contributed by atoms with Gasteiger partial charge in [0.25, 0.3) is 0 Å². The summed E-state index contributed by atoms with van der Waals surface area (Å²) in [6, 6.07) is 12.8. The van der Waals surface area contributed by atoms with Crippen LogP contribution in [0, 0.1) is 0 Å². The van der Waals surface area contributed by atoms with Crippen molar-refractivity contribution in [2.24, 2.45) is 0 Å². The molecule has 21 heavy (non-hydrogen) atoms. The van der Waals surface area contributed by atoms with E-state index < -0.39 is 0 Å². The van der Waals surface area contributed by atoms with Gasteiger partial charge < -0.3 is 10.3 Å². The van der Waals surface area contributed by atoms with Gasteiger partial charge in [-0.05, 0) is 53.0 Å². The second-order valence-electron chi connectivity index (χ2n) is 5.37. The monoisotopic (exact) mass is 405 g/mol. The summed E-state index contributed by atoms with van der Waals surface area (Å²) in [7, 11) is 0. The fraction of sp³-hybridized carbons (Fsp3) is 0.188. The molecule has 0 saturated heterocycles. The number of benzene rings is 2. The molecule has 4 rings (SSSR count). The van der Waals surface area contributed by atoms with Gasteiger partial charge >= 0.3 is 0 Å². The van der Waals surface area contributed by atoms with Crippen LogP contribution in [0.5, 0.6) is 0 Å². The standard InChI is InChI=1S/C16H13Br2N3/c17-9-7-11(15(19)12(18)8-9)16-20-13-3-1-2-4-14(13)21(16)10-5-6-10/h1-4,7-8,10H,5-6,19H2. The zero-order valence-corrected chi connectivity index (χ0v) is 14.4. The quantitative estimate of drug-likeness (QED) is 0.598. The van der Waals surface area contributed by atoms with Gasteiger partial charge in [0.15, 0.2) is 0 Å². The van der Waals surface area contributed by atoms with E-state index in [0.717, 1.165) is 31.5 Å². The summed E-state index contributed by atoms with van der Waals surface area (Å²) in [5.74, 6) is 0.957. The minimum atomic E-state index is 0.546. The highest BCUT2D eigenvalue weighted by Gasteiger charge is 2.29. The van der Waals surface area contributed by atoms with Crippen LogP contribution in [0.3, 0.4) is 0 Å². The summed E-state index contributed by atoms with van der Waals surface area (Å²) in [5, 5.41) is 0. The number of nitrogen functional groups attached to an aromatic ring is 1. The lowest BCUT2D eigenvalue weighted by molar-refractivity contribution is 0.775. The molecule has 1 aliphatic carbocycles. The molecule has 0 unspecified atom stereocenters. The van der Waals surface area contributed by atoms with Crippen LogP contribution < -0.4 is 5.73 Å². The Bertz CT molecular complexity index is 850. The number of imidazole rings is 1. The predicted octanol–water partition coefficient (Wildman–Crippen LogP) is 5.15. The Morgan fingerprint density at radius 3 is 2.67 bits per heavy atom. The Labute approximate surface area is 139 Å². The molecule has 0 atom stereocenters. The van der Waals surface area contributed by atoms with Crippen molar-refractivity contribution >= 4 is 48.6 Å². The number of hydrogen-bond acceptors (Lipinski definition) is 2. The van der Waals surface area contributed by atoms with Crippen molar-refractivity contribution in [1.82, 2.24) is 9.55 Å². The Hall–Kier alpha value is -1.33. The first-order chi connectivity index (χ1) is 10.1. The molecule has 1 aromatic heterocycles. The Morgan fingerprint density at radius 2 is 1.90 bits per heavy atom. The van der Waals surface area contributed by atoms with Crippen LogP contribution in [-0.4, -0.2) is 9.55 Å². The third kappa shape index (κ3) is 2.19. The maximum Gasteiger partial charge on any atom is 0.143 e. The van der Waals surface area contributed by atoms with Crippen molar-refractivity contribution in [3.8, 4) is 11.4 Å². The molecule has 5 heteroatoms. The van der Waals surface area contributed by atoms with Crippen molar-refractivity contribution in [3.63, 3.8) is 0 Å². The molecule has 0 aliphatic heterocycles. The number of rotatable bonds is 2. The number of nitrogens with zero attached hydrogens (tertiary/aromatic N) is 2. The lowest BCUT2D eigenvalue weighted by Gasteiger charge is -2.11. The van der Waals surface area contributed by atoms with Crippen LogP contribution in [0.25, 0.3) is 22.4 Å². The topological polar surface area (TPSA) is 43.8 Å². The average Bonchev–Trinajstić information content (AvgIpc) is 3.23. The Balaban J connectivity index is 2.05. The molecule has 1 aliphatic rings. The second-order valence-corrected chi connectivity index (χ2v) is 7.14. The highest BCUT2D eigenvalue weighted by molar-refractivity contribution is 9.11. The number of para-hydroxylation sites is 2. The molecule has 0 amide bonds. The van der Waals surface area contributed by atoms with E-state index in [0.29, 0.717) is 6.04 Å². The third-order valence-electron chi connectivity index (χ3n) is 3.84. The highest BCUT2D eigenvalue weighted by atomic mass is 79.9. The maximum atomic E-state index is 6.27. The summed E-state index contributed by atoms with van der Waals surface area (Å²) in [6.45, 7) is 0. The van der Waals surface area contributed by atoms with Gasteiger partial charge in [0.05, 0.1) is 16.7 Å². The lowest BCUT2D eigenvalue weighted by Crippen LogP contribution is -2.00. The zero-order chi connectivity index (χ0) is 14.6. The van der Waals surface area contributed by atoms with Crippen LogP contribution in [0.15, 0.2) is 45.3 Å². The van der Waals surface area contributed by atoms with E-state index in [-0.39, 0.29) is 0 Å². The normalized spacial score (nSPS) is 14.8. The predicted molar refractivity (Wildman–Crippen MR) is 93.3 cm³/mol. The molecule has 2 aromatic carbocycles. The van der Waals surface area contributed by atoms with Gasteiger partial charge in [-0.1, -0.05) is 28.1 Å². The maximum absolute atomic E-state index is 6.27. The molecule has 0 radical (unpaired) electrons. The van der Waals surface area contributed by atoms with Crippen LogP contribution in [0.1, 0.15) is 18.9 Å². The van der Waals surface area contributed by atoms with Crippen molar-refractivity contribution in [2.45, 2.75) is 18.9 Å². The minimum Gasteiger partial charge on any atom is -0.397 e. The molecular weight excluding hydrogens is 394 g/mol. The fourth-order valence-corrected chi connectivity index (χ4v) is 3.93. The van der Waals surface area contributed by atoms with E-state index in [1.165, 1.54) is 18.4 Å². The number of aromatic nitrogens is 2. The van der Waals surface area contributed by atoms with Gasteiger partial charge in [-0.25, -0.2) is 4.98 Å². The summed E-state index contributed by atoms with van der Waals surface area (Å²) in [6.07, 6.45) is 2.42.